The molecule has 1 aliphatic rings. The number of ether oxygens (including phenoxy) is 2. The Bertz CT molecular complexity index is 619. The summed E-state index contributed by atoms with van der Waals surface area (Å²) in [5.41, 5.74) is 4.10. The molecule has 19 heavy (non-hydrogen) atoms. The lowest BCUT2D eigenvalue weighted by atomic mass is 10.2. The molecule has 1 aliphatic heterocycles. The van der Waals surface area contributed by atoms with Crippen molar-refractivity contribution in [3.63, 3.8) is 0 Å². The normalized spacial score (nSPS) is 13.4. The Hall–Kier alpha value is -2.17. The van der Waals surface area contributed by atoms with Crippen LogP contribution in [0.15, 0.2) is 18.2 Å². The summed E-state index contributed by atoms with van der Waals surface area (Å²) < 4.78 is 13.0. The molecule has 0 saturated carbocycles. The van der Waals surface area contributed by atoms with Crippen LogP contribution in [0.2, 0.25) is 0 Å². The minimum atomic E-state index is 0.599. The van der Waals surface area contributed by atoms with Crippen LogP contribution in [0.1, 0.15) is 11.4 Å². The largest absolute Gasteiger partial charge is 0.486 e. The van der Waals surface area contributed by atoms with Gasteiger partial charge in [0.1, 0.15) is 13.2 Å². The number of nitrogens with one attached hydrogen (secondary N) is 1. The first-order chi connectivity index (χ1) is 9.15. The Morgan fingerprint density at radius 2 is 1.89 bits per heavy atom. The van der Waals surface area contributed by atoms with E-state index in [9.17, 15) is 0 Å². The van der Waals surface area contributed by atoms with Gasteiger partial charge in [0.2, 0.25) is 0 Å². The lowest BCUT2D eigenvalue weighted by molar-refractivity contribution is 0.171. The molecule has 1 aromatic carbocycles. The smallest absolute Gasteiger partial charge is 0.163 e. The summed E-state index contributed by atoms with van der Waals surface area (Å²) >= 11 is 0. The van der Waals surface area contributed by atoms with E-state index in [-0.39, 0.29) is 0 Å². The minimum Gasteiger partial charge on any atom is -0.486 e. The lowest BCUT2D eigenvalue weighted by Crippen LogP contribution is -2.15. The Morgan fingerprint density at radius 1 is 1.16 bits per heavy atom. The number of aromatic nitrogens is 2. The van der Waals surface area contributed by atoms with Gasteiger partial charge in [-0.1, -0.05) is 0 Å². The van der Waals surface area contributed by atoms with Gasteiger partial charge in [0, 0.05) is 18.8 Å². The summed E-state index contributed by atoms with van der Waals surface area (Å²) in [6.07, 6.45) is 0. The Labute approximate surface area is 112 Å². The fourth-order valence-corrected chi connectivity index (χ4v) is 2.22. The van der Waals surface area contributed by atoms with Gasteiger partial charge in [-0.2, -0.15) is 5.10 Å². The number of rotatable bonds is 2. The van der Waals surface area contributed by atoms with Crippen LogP contribution < -0.4 is 14.8 Å². The van der Waals surface area contributed by atoms with Crippen molar-refractivity contribution in [3.8, 4) is 11.5 Å². The molecule has 0 radical (unpaired) electrons. The molecular formula is C14H17N3O2. The number of fused-ring (bicyclic) bond motifs is 1. The summed E-state index contributed by atoms with van der Waals surface area (Å²) in [6, 6.07) is 5.87. The summed E-state index contributed by atoms with van der Waals surface area (Å²) in [5.74, 6) is 1.59. The highest BCUT2D eigenvalue weighted by Gasteiger charge is 2.14. The maximum Gasteiger partial charge on any atom is 0.163 e. The molecule has 5 heteroatoms. The molecule has 0 amide bonds. The Kier molecular flexibility index (Phi) is 2.81. The molecule has 2 heterocycles. The van der Waals surface area contributed by atoms with E-state index in [0.29, 0.717) is 13.2 Å². The van der Waals surface area contributed by atoms with E-state index in [1.54, 1.807) is 0 Å². The molecule has 3 rings (SSSR count). The molecule has 0 atom stereocenters. The molecule has 0 saturated heterocycles. The molecule has 100 valence electrons. The number of aryl methyl sites for hydroxylation is 2. The van der Waals surface area contributed by atoms with Crippen molar-refractivity contribution in [2.45, 2.75) is 13.8 Å². The average molecular weight is 259 g/mol. The van der Waals surface area contributed by atoms with E-state index in [1.165, 1.54) is 0 Å². The van der Waals surface area contributed by atoms with Gasteiger partial charge in [-0.25, -0.2) is 0 Å². The van der Waals surface area contributed by atoms with Crippen LogP contribution in [0.25, 0.3) is 0 Å². The second-order valence-corrected chi connectivity index (χ2v) is 4.65. The van der Waals surface area contributed by atoms with Crippen molar-refractivity contribution in [2.75, 3.05) is 18.5 Å². The van der Waals surface area contributed by atoms with Gasteiger partial charge in [-0.3, -0.25) is 4.68 Å². The highest BCUT2D eigenvalue weighted by atomic mass is 16.6. The van der Waals surface area contributed by atoms with Gasteiger partial charge in [-0.15, -0.1) is 0 Å². The van der Waals surface area contributed by atoms with Crippen LogP contribution in [0.3, 0.4) is 0 Å². The van der Waals surface area contributed by atoms with E-state index in [2.05, 4.69) is 10.4 Å². The number of anilines is 2. The van der Waals surface area contributed by atoms with Crippen molar-refractivity contribution in [2.24, 2.45) is 7.05 Å². The van der Waals surface area contributed by atoms with Crippen molar-refractivity contribution in [1.29, 1.82) is 0 Å². The van der Waals surface area contributed by atoms with E-state index in [0.717, 1.165) is 34.3 Å². The maximum absolute atomic E-state index is 5.58. The van der Waals surface area contributed by atoms with Crippen LogP contribution in [-0.4, -0.2) is 23.0 Å². The molecule has 2 aromatic rings. The number of hydrogen-bond acceptors (Lipinski definition) is 4. The van der Waals surface area contributed by atoms with Gasteiger partial charge < -0.3 is 14.8 Å². The average Bonchev–Trinajstić information content (AvgIpc) is 2.65. The zero-order valence-electron chi connectivity index (χ0n) is 11.4. The highest BCUT2D eigenvalue weighted by molar-refractivity contribution is 5.66. The molecule has 0 fully saturated rings. The third kappa shape index (κ3) is 2.12. The number of hydrogen-bond donors (Lipinski definition) is 1. The van der Waals surface area contributed by atoms with E-state index in [4.69, 9.17) is 9.47 Å². The van der Waals surface area contributed by atoms with Gasteiger partial charge >= 0.3 is 0 Å². The Morgan fingerprint density at radius 3 is 2.58 bits per heavy atom. The van der Waals surface area contributed by atoms with E-state index in [1.807, 2.05) is 43.8 Å². The molecule has 0 bridgehead atoms. The molecule has 5 nitrogen and oxygen atoms in total. The number of benzene rings is 1. The Balaban J connectivity index is 1.91. The molecule has 0 aliphatic carbocycles. The van der Waals surface area contributed by atoms with Gasteiger partial charge in [0.15, 0.2) is 11.5 Å². The predicted molar refractivity (Wildman–Crippen MR) is 73.4 cm³/mol. The molecule has 0 spiro atoms. The first-order valence-electron chi connectivity index (χ1n) is 6.32. The summed E-state index contributed by atoms with van der Waals surface area (Å²) in [7, 11) is 1.94. The molecule has 1 N–H and O–H groups in total. The zero-order valence-corrected chi connectivity index (χ0v) is 11.4. The quantitative estimate of drug-likeness (QED) is 0.900. The van der Waals surface area contributed by atoms with Gasteiger partial charge in [-0.05, 0) is 26.0 Å². The fourth-order valence-electron chi connectivity index (χ4n) is 2.22. The standard InChI is InChI=1S/C14H17N3O2/c1-9-14(10(2)17(3)16-9)15-11-4-5-12-13(8-11)19-7-6-18-12/h4-5,8,15H,6-7H2,1-3H3. The molecule has 0 unspecified atom stereocenters. The van der Waals surface area contributed by atoms with E-state index < -0.39 is 0 Å². The van der Waals surface area contributed by atoms with Crippen molar-refractivity contribution < 1.29 is 9.47 Å². The number of nitrogens with zero attached hydrogens (tertiary/aromatic N) is 2. The summed E-state index contributed by atoms with van der Waals surface area (Å²) in [5, 5.41) is 7.79. The minimum absolute atomic E-state index is 0.599. The van der Waals surface area contributed by atoms with Crippen molar-refractivity contribution in [1.82, 2.24) is 9.78 Å². The first-order valence-corrected chi connectivity index (χ1v) is 6.32. The van der Waals surface area contributed by atoms with Crippen molar-refractivity contribution in [3.05, 3.63) is 29.6 Å². The maximum atomic E-state index is 5.58. The fraction of sp³-hybridized carbons (Fsp3) is 0.357. The summed E-state index contributed by atoms with van der Waals surface area (Å²) in [6.45, 7) is 5.25. The highest BCUT2D eigenvalue weighted by Crippen LogP contribution is 2.34. The first kappa shape index (κ1) is 11.9. The predicted octanol–water partition coefficient (Wildman–Crippen LogP) is 2.55. The zero-order chi connectivity index (χ0) is 13.4. The van der Waals surface area contributed by atoms with E-state index >= 15 is 0 Å². The van der Waals surface area contributed by atoms with Crippen LogP contribution >= 0.6 is 0 Å². The van der Waals surface area contributed by atoms with Gasteiger partial charge in [0.25, 0.3) is 0 Å². The van der Waals surface area contributed by atoms with Crippen molar-refractivity contribution >= 4 is 11.4 Å². The second-order valence-electron chi connectivity index (χ2n) is 4.65. The second kappa shape index (κ2) is 4.50. The third-order valence-electron chi connectivity index (χ3n) is 3.32. The van der Waals surface area contributed by atoms with Crippen LogP contribution in [0.4, 0.5) is 11.4 Å². The summed E-state index contributed by atoms with van der Waals surface area (Å²) in [4.78, 5) is 0. The lowest BCUT2D eigenvalue weighted by Gasteiger charge is -2.19. The third-order valence-corrected chi connectivity index (χ3v) is 3.32. The molecule has 1 aromatic heterocycles. The SMILES string of the molecule is Cc1nn(C)c(C)c1Nc1ccc2c(c1)OCCO2. The van der Waals surface area contributed by atoms with Crippen LogP contribution in [0, 0.1) is 13.8 Å². The topological polar surface area (TPSA) is 48.3 Å². The monoisotopic (exact) mass is 259 g/mol. The molecular weight excluding hydrogens is 242 g/mol. The van der Waals surface area contributed by atoms with Gasteiger partial charge in [0.05, 0.1) is 17.1 Å². The van der Waals surface area contributed by atoms with Crippen LogP contribution in [-0.2, 0) is 7.05 Å². The van der Waals surface area contributed by atoms with Crippen LogP contribution in [0.5, 0.6) is 11.5 Å².